The van der Waals surface area contributed by atoms with Gasteiger partial charge in [0.25, 0.3) is 0 Å². The number of furan rings is 1. The number of alkyl halides is 3. The predicted molar refractivity (Wildman–Crippen MR) is 63.3 cm³/mol. The summed E-state index contributed by atoms with van der Waals surface area (Å²) in [4.78, 5) is 0. The zero-order chi connectivity index (χ0) is 14.0. The molecule has 0 aliphatic carbocycles. The maximum atomic E-state index is 13.0. The largest absolute Gasteiger partial charge is 0.459 e. The molecule has 1 N–H and O–H groups in total. The minimum Gasteiger partial charge on any atom is -0.459 e. The minimum atomic E-state index is -4.20. The van der Waals surface area contributed by atoms with Crippen LogP contribution in [0.15, 0.2) is 28.7 Å². The Balaban J connectivity index is 2.20. The Hall–Kier alpha value is -1.56. The van der Waals surface area contributed by atoms with Gasteiger partial charge in [0, 0.05) is 11.8 Å². The number of hydrogen-bond donors (Lipinski definition) is 1. The summed E-state index contributed by atoms with van der Waals surface area (Å²) >= 11 is 0. The van der Waals surface area contributed by atoms with E-state index >= 15 is 0 Å². The van der Waals surface area contributed by atoms with E-state index in [0.29, 0.717) is 16.7 Å². The average Bonchev–Trinajstić information content (AvgIpc) is 2.71. The Labute approximate surface area is 107 Å². The monoisotopic (exact) mass is 275 g/mol. The molecule has 0 aliphatic rings. The Kier molecular flexibility index (Phi) is 3.80. The molecule has 1 heterocycles. The SMILES string of the molecule is CNC(CCC(F)(F)F)c1cc2cc(F)ccc2o1. The molecule has 1 atom stereocenters. The lowest BCUT2D eigenvalue weighted by atomic mass is 10.1. The van der Waals surface area contributed by atoms with Gasteiger partial charge in [-0.15, -0.1) is 0 Å². The lowest BCUT2D eigenvalue weighted by Crippen LogP contribution is -2.19. The molecule has 6 heteroatoms. The maximum Gasteiger partial charge on any atom is 0.389 e. The summed E-state index contributed by atoms with van der Waals surface area (Å²) in [7, 11) is 1.56. The van der Waals surface area contributed by atoms with Crippen molar-refractivity contribution in [2.24, 2.45) is 0 Å². The molecular formula is C13H13F4NO. The van der Waals surface area contributed by atoms with Gasteiger partial charge in [-0.25, -0.2) is 4.39 Å². The molecule has 0 saturated heterocycles. The first-order chi connectivity index (χ1) is 8.89. The molecule has 0 spiro atoms. The molecule has 0 bridgehead atoms. The third-order valence-corrected chi connectivity index (χ3v) is 2.91. The molecule has 0 radical (unpaired) electrons. The van der Waals surface area contributed by atoms with E-state index in [4.69, 9.17) is 4.42 Å². The summed E-state index contributed by atoms with van der Waals surface area (Å²) in [5.41, 5.74) is 0.462. The number of fused-ring (bicyclic) bond motifs is 1. The van der Waals surface area contributed by atoms with Gasteiger partial charge < -0.3 is 9.73 Å². The van der Waals surface area contributed by atoms with E-state index in [1.54, 1.807) is 13.1 Å². The van der Waals surface area contributed by atoms with Crippen LogP contribution in [0.5, 0.6) is 0 Å². The van der Waals surface area contributed by atoms with E-state index in [1.165, 1.54) is 18.2 Å². The average molecular weight is 275 g/mol. The summed E-state index contributed by atoms with van der Waals surface area (Å²) in [6, 6.07) is 5.02. The van der Waals surface area contributed by atoms with Gasteiger partial charge >= 0.3 is 6.18 Å². The molecule has 1 aromatic heterocycles. The van der Waals surface area contributed by atoms with E-state index < -0.39 is 24.5 Å². The summed E-state index contributed by atoms with van der Waals surface area (Å²) in [5.74, 6) is -0.0245. The van der Waals surface area contributed by atoms with Gasteiger partial charge in [0.05, 0.1) is 6.04 Å². The van der Waals surface area contributed by atoms with Gasteiger partial charge in [-0.2, -0.15) is 13.2 Å². The van der Waals surface area contributed by atoms with Crippen molar-refractivity contribution in [1.29, 1.82) is 0 Å². The first kappa shape index (κ1) is 13.9. The van der Waals surface area contributed by atoms with Crippen LogP contribution < -0.4 is 5.32 Å². The predicted octanol–water partition coefficient (Wildman–Crippen LogP) is 4.17. The lowest BCUT2D eigenvalue weighted by molar-refractivity contribution is -0.136. The van der Waals surface area contributed by atoms with Crippen LogP contribution in [0.1, 0.15) is 24.6 Å². The minimum absolute atomic E-state index is 0.123. The van der Waals surface area contributed by atoms with E-state index in [2.05, 4.69) is 5.32 Å². The van der Waals surface area contributed by atoms with E-state index in [9.17, 15) is 17.6 Å². The number of nitrogens with one attached hydrogen (secondary N) is 1. The Morgan fingerprint density at radius 3 is 2.63 bits per heavy atom. The zero-order valence-electron chi connectivity index (χ0n) is 10.2. The van der Waals surface area contributed by atoms with Crippen molar-refractivity contribution in [3.8, 4) is 0 Å². The number of benzene rings is 1. The van der Waals surface area contributed by atoms with Crippen LogP contribution in [-0.2, 0) is 0 Å². The standard InChI is InChI=1S/C13H13F4NO/c1-18-10(4-5-13(15,16)17)12-7-8-6-9(14)2-3-11(8)19-12/h2-3,6-7,10,18H,4-5H2,1H3. The third-order valence-electron chi connectivity index (χ3n) is 2.91. The highest BCUT2D eigenvalue weighted by Crippen LogP contribution is 2.30. The van der Waals surface area contributed by atoms with E-state index in [1.807, 2.05) is 0 Å². The lowest BCUT2D eigenvalue weighted by Gasteiger charge is -2.14. The topological polar surface area (TPSA) is 25.2 Å². The third kappa shape index (κ3) is 3.47. The first-order valence-electron chi connectivity index (χ1n) is 5.82. The fourth-order valence-electron chi connectivity index (χ4n) is 1.94. The van der Waals surface area contributed by atoms with E-state index in [0.717, 1.165) is 0 Å². The number of rotatable bonds is 4. The molecule has 2 nitrogen and oxygen atoms in total. The number of hydrogen-bond acceptors (Lipinski definition) is 2. The fourth-order valence-corrected chi connectivity index (χ4v) is 1.94. The molecule has 104 valence electrons. The molecule has 1 unspecified atom stereocenters. The van der Waals surface area contributed by atoms with Crippen molar-refractivity contribution < 1.29 is 22.0 Å². The highest BCUT2D eigenvalue weighted by molar-refractivity contribution is 5.78. The second-order valence-corrected chi connectivity index (χ2v) is 4.33. The van der Waals surface area contributed by atoms with Crippen molar-refractivity contribution in [1.82, 2.24) is 5.32 Å². The van der Waals surface area contributed by atoms with Gasteiger partial charge in [0.1, 0.15) is 17.2 Å². The van der Waals surface area contributed by atoms with E-state index in [-0.39, 0.29) is 6.42 Å². The van der Waals surface area contributed by atoms with Crippen molar-refractivity contribution in [3.05, 3.63) is 35.8 Å². The van der Waals surface area contributed by atoms with Crippen molar-refractivity contribution in [3.63, 3.8) is 0 Å². The first-order valence-corrected chi connectivity index (χ1v) is 5.82. The molecule has 0 saturated carbocycles. The van der Waals surface area contributed by atoms with Gasteiger partial charge in [-0.3, -0.25) is 0 Å². The molecule has 0 fully saturated rings. The van der Waals surface area contributed by atoms with Gasteiger partial charge in [-0.1, -0.05) is 0 Å². The molecule has 2 rings (SSSR count). The fraction of sp³-hybridized carbons (Fsp3) is 0.385. The second kappa shape index (κ2) is 5.21. The smallest absolute Gasteiger partial charge is 0.389 e. The van der Waals surface area contributed by atoms with Crippen molar-refractivity contribution in [2.75, 3.05) is 7.05 Å². The normalized spacial score (nSPS) is 13.9. The molecule has 1 aromatic carbocycles. The quantitative estimate of drug-likeness (QED) is 0.847. The summed E-state index contributed by atoms with van der Waals surface area (Å²) < 4.78 is 55.1. The van der Waals surface area contributed by atoms with Crippen molar-refractivity contribution in [2.45, 2.75) is 25.1 Å². The van der Waals surface area contributed by atoms with Crippen LogP contribution in [0.25, 0.3) is 11.0 Å². The second-order valence-electron chi connectivity index (χ2n) is 4.33. The highest BCUT2D eigenvalue weighted by Gasteiger charge is 2.29. The van der Waals surface area contributed by atoms with Gasteiger partial charge in [0.2, 0.25) is 0 Å². The molecular weight excluding hydrogens is 262 g/mol. The molecule has 0 amide bonds. The van der Waals surface area contributed by atoms with Crippen LogP contribution in [0.3, 0.4) is 0 Å². The van der Waals surface area contributed by atoms with Crippen LogP contribution in [0.4, 0.5) is 17.6 Å². The Bertz CT molecular complexity index is 561. The van der Waals surface area contributed by atoms with Crippen LogP contribution in [-0.4, -0.2) is 13.2 Å². The summed E-state index contributed by atoms with van der Waals surface area (Å²) in [6.07, 6.45) is -5.22. The highest BCUT2D eigenvalue weighted by atomic mass is 19.4. The summed E-state index contributed by atoms with van der Waals surface area (Å²) in [5, 5.41) is 3.32. The van der Waals surface area contributed by atoms with Crippen LogP contribution >= 0.6 is 0 Å². The molecule has 19 heavy (non-hydrogen) atoms. The molecule has 2 aromatic rings. The van der Waals surface area contributed by atoms with Gasteiger partial charge in [-0.05, 0) is 37.7 Å². The zero-order valence-corrected chi connectivity index (χ0v) is 10.2. The van der Waals surface area contributed by atoms with Gasteiger partial charge in [0.15, 0.2) is 0 Å². The number of halogens is 4. The Morgan fingerprint density at radius 1 is 1.26 bits per heavy atom. The Morgan fingerprint density at radius 2 is 2.00 bits per heavy atom. The summed E-state index contributed by atoms with van der Waals surface area (Å²) in [6.45, 7) is 0. The van der Waals surface area contributed by atoms with Crippen LogP contribution in [0, 0.1) is 5.82 Å². The maximum absolute atomic E-state index is 13.0. The van der Waals surface area contributed by atoms with Crippen LogP contribution in [0.2, 0.25) is 0 Å². The molecule has 0 aliphatic heterocycles. The van der Waals surface area contributed by atoms with Crippen molar-refractivity contribution >= 4 is 11.0 Å².